The second-order valence-electron chi connectivity index (χ2n) is 6.29. The Morgan fingerprint density at radius 1 is 1.18 bits per heavy atom. The van der Waals surface area contributed by atoms with E-state index >= 15 is 0 Å². The summed E-state index contributed by atoms with van der Waals surface area (Å²) in [5.41, 5.74) is 2.31. The summed E-state index contributed by atoms with van der Waals surface area (Å²) in [6.45, 7) is 4.13. The van der Waals surface area contributed by atoms with E-state index in [0.29, 0.717) is 5.76 Å². The summed E-state index contributed by atoms with van der Waals surface area (Å²) in [5.74, 6) is 0.254. The Bertz CT molecular complexity index is 999. The van der Waals surface area contributed by atoms with E-state index in [1.165, 1.54) is 18.0 Å². The molecule has 146 valence electrons. The lowest BCUT2D eigenvalue weighted by molar-refractivity contribution is 0.0594. The summed E-state index contributed by atoms with van der Waals surface area (Å²) in [4.78, 5) is 24.2. The summed E-state index contributed by atoms with van der Waals surface area (Å²) in [5, 5.41) is 6.60. The lowest BCUT2D eigenvalue weighted by atomic mass is 10.1. The predicted molar refractivity (Wildman–Crippen MR) is 101 cm³/mol. The number of nitrogens with one attached hydrogen (secondary N) is 1. The van der Waals surface area contributed by atoms with Crippen molar-refractivity contribution in [1.82, 2.24) is 9.78 Å². The molecule has 2 aromatic heterocycles. The van der Waals surface area contributed by atoms with E-state index in [0.717, 1.165) is 16.9 Å². The summed E-state index contributed by atoms with van der Waals surface area (Å²) < 4.78 is 17.5. The van der Waals surface area contributed by atoms with Crippen LogP contribution in [0.1, 0.15) is 37.9 Å². The molecular formula is C20H21N3O5. The third-order valence-corrected chi connectivity index (χ3v) is 4.11. The minimum absolute atomic E-state index is 0.0171. The molecule has 0 aliphatic heterocycles. The maximum atomic E-state index is 12.4. The van der Waals surface area contributed by atoms with Crippen molar-refractivity contribution >= 4 is 17.6 Å². The van der Waals surface area contributed by atoms with Gasteiger partial charge in [0.25, 0.3) is 5.91 Å². The zero-order chi connectivity index (χ0) is 20.3. The van der Waals surface area contributed by atoms with Gasteiger partial charge >= 0.3 is 5.97 Å². The first kappa shape index (κ1) is 19.2. The van der Waals surface area contributed by atoms with Crippen LogP contribution in [0, 0.1) is 13.8 Å². The maximum Gasteiger partial charge on any atom is 0.360 e. The topological polar surface area (TPSA) is 95.6 Å². The number of aryl methyl sites for hydroxylation is 3. The van der Waals surface area contributed by atoms with Crippen LogP contribution < -0.4 is 10.1 Å². The van der Waals surface area contributed by atoms with Crippen molar-refractivity contribution in [1.29, 1.82) is 0 Å². The van der Waals surface area contributed by atoms with Gasteiger partial charge in [-0.05, 0) is 37.1 Å². The van der Waals surface area contributed by atoms with Crippen molar-refractivity contribution in [3.8, 4) is 5.75 Å². The number of anilines is 1. The number of carbonyl (C=O) groups is 2. The molecule has 0 bridgehead atoms. The number of ether oxygens (including phenoxy) is 2. The second-order valence-corrected chi connectivity index (χ2v) is 6.29. The molecule has 0 atom stereocenters. The van der Waals surface area contributed by atoms with Gasteiger partial charge in [-0.3, -0.25) is 9.48 Å². The van der Waals surface area contributed by atoms with Gasteiger partial charge in [0, 0.05) is 13.2 Å². The van der Waals surface area contributed by atoms with E-state index in [4.69, 9.17) is 9.15 Å². The largest absolute Gasteiger partial charge is 0.485 e. The number of methoxy groups -OCH3 is 1. The van der Waals surface area contributed by atoms with Crippen LogP contribution >= 0.6 is 0 Å². The third-order valence-electron chi connectivity index (χ3n) is 4.11. The molecule has 0 radical (unpaired) electrons. The molecule has 2 heterocycles. The minimum Gasteiger partial charge on any atom is -0.485 e. The average molecular weight is 383 g/mol. The highest BCUT2D eigenvalue weighted by Gasteiger charge is 2.20. The van der Waals surface area contributed by atoms with Crippen molar-refractivity contribution in [2.24, 2.45) is 7.05 Å². The Hall–Kier alpha value is -3.55. The van der Waals surface area contributed by atoms with Crippen LogP contribution in [0.4, 0.5) is 5.69 Å². The van der Waals surface area contributed by atoms with Crippen molar-refractivity contribution in [2.45, 2.75) is 20.5 Å². The molecule has 0 spiro atoms. The maximum absolute atomic E-state index is 12.4. The summed E-state index contributed by atoms with van der Waals surface area (Å²) >= 11 is 0. The lowest BCUT2D eigenvalue weighted by Crippen LogP contribution is -2.14. The quantitative estimate of drug-likeness (QED) is 0.657. The van der Waals surface area contributed by atoms with Crippen LogP contribution in [0.2, 0.25) is 0 Å². The first-order chi connectivity index (χ1) is 13.4. The first-order valence-corrected chi connectivity index (χ1v) is 8.60. The highest BCUT2D eigenvalue weighted by Crippen LogP contribution is 2.24. The standard InChI is InChI=1S/C20H21N3O5/c1-12-6-5-7-13(2)18(12)27-11-14-8-9-16(28-14)19(24)21-15-10-23(3)22-17(15)20(25)26-4/h5-10H,11H2,1-4H3,(H,21,24). The number of carbonyl (C=O) groups excluding carboxylic acids is 2. The number of hydrogen-bond donors (Lipinski definition) is 1. The van der Waals surface area contributed by atoms with Crippen LogP contribution in [-0.4, -0.2) is 28.8 Å². The SMILES string of the molecule is COC(=O)c1nn(C)cc1NC(=O)c1ccc(COc2c(C)cccc2C)o1. The number of hydrogen-bond acceptors (Lipinski definition) is 6. The van der Waals surface area contributed by atoms with Gasteiger partial charge in [-0.2, -0.15) is 5.10 Å². The molecule has 0 saturated carbocycles. The molecule has 28 heavy (non-hydrogen) atoms. The zero-order valence-corrected chi connectivity index (χ0v) is 16.1. The molecule has 0 fully saturated rings. The fourth-order valence-corrected chi connectivity index (χ4v) is 2.76. The van der Waals surface area contributed by atoms with E-state index in [-0.39, 0.29) is 23.7 Å². The summed E-state index contributed by atoms with van der Waals surface area (Å²) in [6.07, 6.45) is 1.51. The summed E-state index contributed by atoms with van der Waals surface area (Å²) in [7, 11) is 2.88. The van der Waals surface area contributed by atoms with E-state index in [2.05, 4.69) is 15.2 Å². The van der Waals surface area contributed by atoms with Gasteiger partial charge in [0.05, 0.1) is 12.8 Å². The molecule has 0 saturated heterocycles. The second kappa shape index (κ2) is 7.99. The number of esters is 1. The van der Waals surface area contributed by atoms with E-state index < -0.39 is 11.9 Å². The third kappa shape index (κ3) is 4.06. The van der Waals surface area contributed by atoms with E-state index in [1.807, 2.05) is 32.0 Å². The number of benzene rings is 1. The van der Waals surface area contributed by atoms with Gasteiger partial charge in [0.1, 0.15) is 18.1 Å². The van der Waals surface area contributed by atoms with E-state index in [1.54, 1.807) is 19.2 Å². The molecule has 3 aromatic rings. The van der Waals surface area contributed by atoms with Crippen LogP contribution in [0.25, 0.3) is 0 Å². The molecule has 1 N–H and O–H groups in total. The molecule has 8 heteroatoms. The Morgan fingerprint density at radius 2 is 1.89 bits per heavy atom. The predicted octanol–water partition coefficient (Wildman–Crippen LogP) is 3.25. The zero-order valence-electron chi connectivity index (χ0n) is 16.1. The van der Waals surface area contributed by atoms with Gasteiger partial charge in [0.2, 0.25) is 0 Å². The molecule has 0 aliphatic carbocycles. The molecule has 1 aromatic carbocycles. The van der Waals surface area contributed by atoms with E-state index in [9.17, 15) is 9.59 Å². The number of para-hydroxylation sites is 1. The number of aromatic nitrogens is 2. The van der Waals surface area contributed by atoms with Gasteiger partial charge in [-0.15, -0.1) is 0 Å². The van der Waals surface area contributed by atoms with Crippen molar-refractivity contribution in [3.05, 3.63) is 64.9 Å². The van der Waals surface area contributed by atoms with Gasteiger partial charge < -0.3 is 19.2 Å². The number of furan rings is 1. The van der Waals surface area contributed by atoms with Crippen molar-refractivity contribution in [3.63, 3.8) is 0 Å². The van der Waals surface area contributed by atoms with Crippen molar-refractivity contribution < 1.29 is 23.5 Å². The van der Waals surface area contributed by atoms with Gasteiger partial charge in [-0.25, -0.2) is 4.79 Å². The fourth-order valence-electron chi connectivity index (χ4n) is 2.76. The van der Waals surface area contributed by atoms with Crippen molar-refractivity contribution in [2.75, 3.05) is 12.4 Å². The first-order valence-electron chi connectivity index (χ1n) is 8.60. The number of nitrogens with zero attached hydrogens (tertiary/aromatic N) is 2. The minimum atomic E-state index is -0.641. The molecule has 3 rings (SSSR count). The molecular weight excluding hydrogens is 362 g/mol. The smallest absolute Gasteiger partial charge is 0.360 e. The molecule has 0 unspecified atom stereocenters. The highest BCUT2D eigenvalue weighted by atomic mass is 16.5. The number of rotatable bonds is 6. The van der Waals surface area contributed by atoms with Gasteiger partial charge in [-0.1, -0.05) is 18.2 Å². The Labute approximate surface area is 162 Å². The lowest BCUT2D eigenvalue weighted by Gasteiger charge is -2.10. The average Bonchev–Trinajstić information content (AvgIpc) is 3.27. The van der Waals surface area contributed by atoms with Crippen LogP contribution in [-0.2, 0) is 18.4 Å². The molecule has 1 amide bonds. The molecule has 0 aliphatic rings. The van der Waals surface area contributed by atoms with Gasteiger partial charge in [0.15, 0.2) is 11.5 Å². The Kier molecular flexibility index (Phi) is 5.49. The molecule has 8 nitrogen and oxygen atoms in total. The van der Waals surface area contributed by atoms with Crippen LogP contribution in [0.15, 0.2) is 40.9 Å². The van der Waals surface area contributed by atoms with Crippen LogP contribution in [0.5, 0.6) is 5.75 Å². The monoisotopic (exact) mass is 383 g/mol. The highest BCUT2D eigenvalue weighted by molar-refractivity contribution is 6.05. The fraction of sp³-hybridized carbons (Fsp3) is 0.250. The van der Waals surface area contributed by atoms with Crippen LogP contribution in [0.3, 0.4) is 0 Å². The number of amides is 1. The Balaban J connectivity index is 1.69. The summed E-state index contributed by atoms with van der Waals surface area (Å²) in [6, 6.07) is 9.13. The normalized spacial score (nSPS) is 10.6. The Morgan fingerprint density at radius 3 is 2.57 bits per heavy atom.